The quantitative estimate of drug-likeness (QED) is 0.167. The van der Waals surface area contributed by atoms with Crippen molar-refractivity contribution in [3.63, 3.8) is 0 Å². The van der Waals surface area contributed by atoms with Gasteiger partial charge in [0.1, 0.15) is 12.4 Å². The number of anilines is 1. The molecule has 9 heteroatoms. The van der Waals surface area contributed by atoms with Gasteiger partial charge in [0.05, 0.1) is 18.4 Å². The molecule has 3 rings (SSSR count). The third-order valence-electron chi connectivity index (χ3n) is 5.47. The number of rotatable bonds is 12. The number of amides is 2. The highest BCUT2D eigenvalue weighted by Crippen LogP contribution is 2.30. The molecule has 4 N–H and O–H groups in total. The normalized spacial score (nSPS) is 12.8. The average molecular weight is 495 g/mol. The SMILES string of the molecule is CO[C@@H](CC/C=C/C(=O)NO)[C@@H](OC(=O)Nc1cccc2ccccc12)c1ccc(OCCO)cc1. The van der Waals surface area contributed by atoms with Gasteiger partial charge in [-0.05, 0) is 42.0 Å². The van der Waals surface area contributed by atoms with Crippen LogP contribution >= 0.6 is 0 Å². The molecule has 0 spiro atoms. The summed E-state index contributed by atoms with van der Waals surface area (Å²) in [5, 5.41) is 22.3. The summed E-state index contributed by atoms with van der Waals surface area (Å²) in [5.41, 5.74) is 2.84. The third kappa shape index (κ3) is 7.54. The molecule has 0 heterocycles. The number of benzene rings is 3. The highest BCUT2D eigenvalue weighted by Gasteiger charge is 2.27. The maximum atomic E-state index is 13.0. The molecule has 3 aromatic rings. The van der Waals surface area contributed by atoms with Gasteiger partial charge in [-0.3, -0.25) is 15.3 Å². The fraction of sp³-hybridized carbons (Fsp3) is 0.259. The van der Waals surface area contributed by atoms with E-state index in [1.807, 2.05) is 36.4 Å². The van der Waals surface area contributed by atoms with Gasteiger partial charge in [-0.1, -0.05) is 54.6 Å². The number of aliphatic hydroxyl groups is 1. The van der Waals surface area contributed by atoms with Crippen molar-refractivity contribution in [3.05, 3.63) is 84.4 Å². The van der Waals surface area contributed by atoms with Crippen LogP contribution in [-0.2, 0) is 14.3 Å². The lowest BCUT2D eigenvalue weighted by Crippen LogP contribution is -2.28. The Morgan fingerprint density at radius 1 is 1.03 bits per heavy atom. The molecule has 0 aliphatic rings. The molecule has 36 heavy (non-hydrogen) atoms. The van der Waals surface area contributed by atoms with Crippen molar-refractivity contribution in [1.82, 2.24) is 5.48 Å². The molecule has 0 saturated carbocycles. The van der Waals surface area contributed by atoms with Crippen molar-refractivity contribution in [1.29, 1.82) is 0 Å². The first kappa shape index (κ1) is 26.7. The number of hydrogen-bond donors (Lipinski definition) is 4. The highest BCUT2D eigenvalue weighted by molar-refractivity contribution is 6.00. The van der Waals surface area contributed by atoms with Gasteiger partial charge in [0, 0.05) is 18.6 Å². The smallest absolute Gasteiger partial charge is 0.412 e. The van der Waals surface area contributed by atoms with Crippen LogP contribution in [0.3, 0.4) is 0 Å². The number of fused-ring (bicyclic) bond motifs is 1. The lowest BCUT2D eigenvalue weighted by Gasteiger charge is -2.26. The summed E-state index contributed by atoms with van der Waals surface area (Å²) in [5.74, 6) is -0.0663. The van der Waals surface area contributed by atoms with Crippen molar-refractivity contribution in [2.24, 2.45) is 0 Å². The van der Waals surface area contributed by atoms with Crippen LogP contribution in [0.4, 0.5) is 10.5 Å². The summed E-state index contributed by atoms with van der Waals surface area (Å²) in [4.78, 5) is 24.2. The summed E-state index contributed by atoms with van der Waals surface area (Å²) in [6.07, 6.45) is 1.73. The molecule has 0 unspecified atom stereocenters. The van der Waals surface area contributed by atoms with Crippen LogP contribution in [-0.4, -0.2) is 48.7 Å². The predicted molar refractivity (Wildman–Crippen MR) is 135 cm³/mol. The van der Waals surface area contributed by atoms with Gasteiger partial charge in [-0.2, -0.15) is 0 Å². The molecular weight excluding hydrogens is 464 g/mol. The molecule has 0 aliphatic heterocycles. The molecule has 0 bridgehead atoms. The van der Waals surface area contributed by atoms with Gasteiger partial charge in [0.2, 0.25) is 0 Å². The number of allylic oxidation sites excluding steroid dienone is 1. The summed E-state index contributed by atoms with van der Waals surface area (Å²) in [6, 6.07) is 20.3. The van der Waals surface area contributed by atoms with Crippen LogP contribution in [0.2, 0.25) is 0 Å². The summed E-state index contributed by atoms with van der Waals surface area (Å²) in [6.45, 7) is 0.0660. The molecule has 2 amide bonds. The van der Waals surface area contributed by atoms with Gasteiger partial charge >= 0.3 is 6.09 Å². The number of aliphatic hydroxyl groups excluding tert-OH is 1. The van der Waals surface area contributed by atoms with Gasteiger partial charge in [0.25, 0.3) is 5.91 Å². The molecule has 3 aromatic carbocycles. The Labute approximate surface area is 209 Å². The Balaban J connectivity index is 1.79. The minimum Gasteiger partial charge on any atom is -0.491 e. The lowest BCUT2D eigenvalue weighted by atomic mass is 10.00. The first-order valence-corrected chi connectivity index (χ1v) is 11.5. The Hall–Kier alpha value is -3.92. The Morgan fingerprint density at radius 2 is 1.78 bits per heavy atom. The second-order valence-corrected chi connectivity index (χ2v) is 7.85. The Bertz CT molecular complexity index is 1160. The second-order valence-electron chi connectivity index (χ2n) is 7.85. The van der Waals surface area contributed by atoms with Crippen LogP contribution in [0.15, 0.2) is 78.9 Å². The maximum Gasteiger partial charge on any atom is 0.412 e. The number of hydrogen-bond acceptors (Lipinski definition) is 7. The van der Waals surface area contributed by atoms with E-state index in [4.69, 9.17) is 24.5 Å². The molecular formula is C27H30N2O7. The fourth-order valence-corrected chi connectivity index (χ4v) is 3.75. The van der Waals surface area contributed by atoms with Crippen LogP contribution in [0.5, 0.6) is 5.75 Å². The molecule has 9 nitrogen and oxygen atoms in total. The number of methoxy groups -OCH3 is 1. The standard InChI is InChI=1S/C27H30N2O7/c1-34-24(11-4-5-12-25(31)29-33)26(20-13-15-21(16-14-20)35-18-17-30)36-27(32)28-23-10-6-8-19-7-2-3-9-22(19)23/h2-3,5-10,12-16,24,26,30,33H,4,11,17-18H2,1H3,(H,28,32)(H,29,31)/b12-5+/t24-,26-/m0/s1. The van der Waals surface area contributed by atoms with E-state index in [0.717, 1.165) is 10.8 Å². The first-order valence-electron chi connectivity index (χ1n) is 11.5. The molecule has 0 saturated heterocycles. The third-order valence-corrected chi connectivity index (χ3v) is 5.47. The summed E-state index contributed by atoms with van der Waals surface area (Å²) < 4.78 is 16.9. The van der Waals surface area contributed by atoms with Crippen molar-refractivity contribution < 1.29 is 34.1 Å². The lowest BCUT2D eigenvalue weighted by molar-refractivity contribution is -0.124. The Morgan fingerprint density at radius 3 is 2.50 bits per heavy atom. The summed E-state index contributed by atoms with van der Waals surface area (Å²) in [7, 11) is 1.52. The van der Waals surface area contributed by atoms with Crippen molar-refractivity contribution in [2.45, 2.75) is 25.0 Å². The molecule has 190 valence electrons. The zero-order chi connectivity index (χ0) is 25.8. The number of carbonyl (C=O) groups excluding carboxylic acids is 2. The van der Waals surface area contributed by atoms with Crippen LogP contribution < -0.4 is 15.5 Å². The van der Waals surface area contributed by atoms with Crippen LogP contribution in [0.1, 0.15) is 24.5 Å². The van der Waals surface area contributed by atoms with E-state index in [1.54, 1.807) is 36.4 Å². The largest absolute Gasteiger partial charge is 0.491 e. The monoisotopic (exact) mass is 494 g/mol. The van der Waals surface area contributed by atoms with E-state index in [0.29, 0.717) is 29.8 Å². The highest BCUT2D eigenvalue weighted by atomic mass is 16.6. The minimum atomic E-state index is -0.767. The predicted octanol–water partition coefficient (Wildman–Crippen LogP) is 4.36. The first-order chi connectivity index (χ1) is 17.5. The van der Waals surface area contributed by atoms with E-state index in [-0.39, 0.29) is 13.2 Å². The van der Waals surface area contributed by atoms with Gasteiger partial charge < -0.3 is 19.3 Å². The van der Waals surface area contributed by atoms with E-state index in [9.17, 15) is 9.59 Å². The van der Waals surface area contributed by atoms with Crippen molar-refractivity contribution in [2.75, 3.05) is 25.6 Å². The number of carbonyl (C=O) groups is 2. The van der Waals surface area contributed by atoms with Gasteiger partial charge in [-0.15, -0.1) is 0 Å². The number of nitrogens with one attached hydrogen (secondary N) is 2. The zero-order valence-electron chi connectivity index (χ0n) is 19.9. The average Bonchev–Trinajstić information content (AvgIpc) is 2.91. The second kappa shape index (κ2) is 13.8. The topological polar surface area (TPSA) is 126 Å². The molecule has 0 aromatic heterocycles. The molecule has 2 atom stereocenters. The molecule has 0 aliphatic carbocycles. The van der Waals surface area contributed by atoms with Gasteiger partial charge in [-0.25, -0.2) is 10.3 Å². The van der Waals surface area contributed by atoms with E-state index in [2.05, 4.69) is 5.32 Å². The van der Waals surface area contributed by atoms with E-state index in [1.165, 1.54) is 18.7 Å². The molecule has 0 radical (unpaired) electrons. The van der Waals surface area contributed by atoms with E-state index < -0.39 is 24.2 Å². The minimum absolute atomic E-state index is 0.102. The fourth-order valence-electron chi connectivity index (χ4n) is 3.75. The van der Waals surface area contributed by atoms with Crippen LogP contribution in [0, 0.1) is 0 Å². The summed E-state index contributed by atoms with van der Waals surface area (Å²) >= 11 is 0. The Kier molecular flexibility index (Phi) is 10.3. The maximum absolute atomic E-state index is 13.0. The number of ether oxygens (including phenoxy) is 3. The van der Waals surface area contributed by atoms with Crippen molar-refractivity contribution >= 4 is 28.5 Å². The molecule has 0 fully saturated rings. The number of hydroxylamine groups is 1. The van der Waals surface area contributed by atoms with Crippen LogP contribution in [0.25, 0.3) is 10.8 Å². The van der Waals surface area contributed by atoms with Gasteiger partial charge in [0.15, 0.2) is 6.10 Å². The van der Waals surface area contributed by atoms with E-state index >= 15 is 0 Å². The van der Waals surface area contributed by atoms with Crippen molar-refractivity contribution in [3.8, 4) is 5.75 Å². The zero-order valence-corrected chi connectivity index (χ0v) is 19.9.